The molecule has 1 unspecified atom stereocenters. The van der Waals surface area contributed by atoms with Crippen molar-refractivity contribution in [1.82, 2.24) is 0 Å². The van der Waals surface area contributed by atoms with E-state index in [1.54, 1.807) is 0 Å². The molecule has 2 aromatic carbocycles. The second-order valence-corrected chi connectivity index (χ2v) is 7.02. The molecule has 0 fully saturated rings. The Morgan fingerprint density at radius 1 is 1.04 bits per heavy atom. The molecule has 23 heavy (non-hydrogen) atoms. The van der Waals surface area contributed by atoms with Gasteiger partial charge in [0.15, 0.2) is 0 Å². The Labute approximate surface area is 138 Å². The van der Waals surface area contributed by atoms with Gasteiger partial charge >= 0.3 is 0 Å². The van der Waals surface area contributed by atoms with Crippen molar-refractivity contribution in [3.05, 3.63) is 95.6 Å². The monoisotopic (exact) mass is 298 g/mol. The van der Waals surface area contributed by atoms with E-state index < -0.39 is 0 Å². The maximum atomic E-state index is 4.13. The summed E-state index contributed by atoms with van der Waals surface area (Å²) in [7, 11) is 0. The first-order valence-corrected chi connectivity index (χ1v) is 8.36. The first-order chi connectivity index (χ1) is 11.1. The number of hydrogen-bond acceptors (Lipinski definition) is 0. The van der Waals surface area contributed by atoms with Crippen LogP contribution in [-0.2, 0) is 5.41 Å². The minimum absolute atomic E-state index is 0.0398. The highest BCUT2D eigenvalue weighted by Gasteiger charge is 2.35. The van der Waals surface area contributed by atoms with E-state index >= 15 is 0 Å². The van der Waals surface area contributed by atoms with E-state index in [9.17, 15) is 0 Å². The molecule has 0 nitrogen and oxygen atoms in total. The Hall–Kier alpha value is -2.34. The number of hydrogen-bond donors (Lipinski definition) is 0. The summed E-state index contributed by atoms with van der Waals surface area (Å²) in [6.45, 7) is 8.84. The van der Waals surface area contributed by atoms with E-state index in [0.29, 0.717) is 5.92 Å². The second-order valence-electron chi connectivity index (χ2n) is 7.02. The molecule has 0 saturated carbocycles. The standard InChI is InChI=1S/C23H22/c1-4-17-18-12-7-8-13-19(18)20-14-9-15-21(22(17)20)23(2,3)16-10-5-6-11-16/h4-10,12-15,17H,1,11H2,2-3H3. The summed E-state index contributed by atoms with van der Waals surface area (Å²) in [6, 6.07) is 15.5. The first-order valence-electron chi connectivity index (χ1n) is 8.36. The molecule has 1 atom stereocenters. The van der Waals surface area contributed by atoms with Gasteiger partial charge in [0.1, 0.15) is 0 Å². The van der Waals surface area contributed by atoms with Crippen LogP contribution in [0, 0.1) is 0 Å². The average molecular weight is 298 g/mol. The molecule has 0 heteroatoms. The van der Waals surface area contributed by atoms with Gasteiger partial charge in [-0.25, -0.2) is 0 Å². The maximum Gasteiger partial charge on any atom is 0.0282 e. The third kappa shape index (κ3) is 1.98. The zero-order valence-corrected chi connectivity index (χ0v) is 13.8. The fourth-order valence-electron chi connectivity index (χ4n) is 4.18. The molecule has 0 amide bonds. The Bertz CT molecular complexity index is 846. The fraction of sp³-hybridized carbons (Fsp3) is 0.217. The number of allylic oxidation sites excluding steroid dienone is 5. The molecule has 0 bridgehead atoms. The zero-order chi connectivity index (χ0) is 16.0. The van der Waals surface area contributed by atoms with Gasteiger partial charge in [-0.3, -0.25) is 0 Å². The van der Waals surface area contributed by atoms with Crippen LogP contribution in [0.25, 0.3) is 11.1 Å². The summed E-state index contributed by atoms with van der Waals surface area (Å²) in [4.78, 5) is 0. The summed E-state index contributed by atoms with van der Waals surface area (Å²) in [5.74, 6) is 0.298. The van der Waals surface area contributed by atoms with Crippen molar-refractivity contribution in [3.63, 3.8) is 0 Å². The van der Waals surface area contributed by atoms with Crippen LogP contribution in [0.2, 0.25) is 0 Å². The van der Waals surface area contributed by atoms with Crippen molar-refractivity contribution in [3.8, 4) is 11.1 Å². The molecule has 0 aromatic heterocycles. The van der Waals surface area contributed by atoms with Crippen molar-refractivity contribution in [2.24, 2.45) is 0 Å². The Morgan fingerprint density at radius 3 is 2.57 bits per heavy atom. The van der Waals surface area contributed by atoms with Crippen LogP contribution in [-0.4, -0.2) is 0 Å². The largest absolute Gasteiger partial charge is 0.102 e. The normalized spacial score (nSPS) is 18.5. The quantitative estimate of drug-likeness (QED) is 0.596. The summed E-state index contributed by atoms with van der Waals surface area (Å²) in [6.07, 6.45) is 9.87. The van der Waals surface area contributed by atoms with E-state index in [4.69, 9.17) is 0 Å². The van der Waals surface area contributed by atoms with Gasteiger partial charge < -0.3 is 0 Å². The van der Waals surface area contributed by atoms with Crippen LogP contribution < -0.4 is 0 Å². The molecule has 0 aliphatic heterocycles. The Balaban J connectivity index is 1.95. The highest BCUT2D eigenvalue weighted by atomic mass is 14.4. The molecule has 2 aromatic rings. The lowest BCUT2D eigenvalue weighted by atomic mass is 9.73. The molecule has 2 aliphatic rings. The van der Waals surface area contributed by atoms with Crippen molar-refractivity contribution < 1.29 is 0 Å². The van der Waals surface area contributed by atoms with E-state index in [1.807, 2.05) is 0 Å². The van der Waals surface area contributed by atoms with E-state index in [0.717, 1.165) is 6.42 Å². The first kappa shape index (κ1) is 14.3. The van der Waals surface area contributed by atoms with Crippen LogP contribution in [0.4, 0.5) is 0 Å². The summed E-state index contributed by atoms with van der Waals surface area (Å²) in [5.41, 5.74) is 8.54. The maximum absolute atomic E-state index is 4.13. The number of rotatable bonds is 3. The van der Waals surface area contributed by atoms with Crippen molar-refractivity contribution in [1.29, 1.82) is 0 Å². The van der Waals surface area contributed by atoms with Gasteiger partial charge in [0, 0.05) is 11.3 Å². The Morgan fingerprint density at radius 2 is 1.83 bits per heavy atom. The van der Waals surface area contributed by atoms with Gasteiger partial charge in [-0.2, -0.15) is 0 Å². The average Bonchev–Trinajstić information content (AvgIpc) is 3.21. The van der Waals surface area contributed by atoms with Gasteiger partial charge in [0.25, 0.3) is 0 Å². The third-order valence-electron chi connectivity index (χ3n) is 5.49. The Kier molecular flexibility index (Phi) is 3.16. The van der Waals surface area contributed by atoms with Gasteiger partial charge in [-0.05, 0) is 34.2 Å². The van der Waals surface area contributed by atoms with Crippen LogP contribution in [0.1, 0.15) is 42.9 Å². The van der Waals surface area contributed by atoms with Crippen molar-refractivity contribution in [2.75, 3.05) is 0 Å². The van der Waals surface area contributed by atoms with Crippen LogP contribution >= 0.6 is 0 Å². The van der Waals surface area contributed by atoms with Gasteiger partial charge in [-0.1, -0.05) is 86.2 Å². The van der Waals surface area contributed by atoms with E-state index in [1.165, 1.54) is 33.4 Å². The van der Waals surface area contributed by atoms with Crippen molar-refractivity contribution in [2.45, 2.75) is 31.6 Å². The predicted molar refractivity (Wildman–Crippen MR) is 98.8 cm³/mol. The molecule has 0 N–H and O–H groups in total. The zero-order valence-electron chi connectivity index (χ0n) is 13.8. The number of fused-ring (bicyclic) bond motifs is 3. The summed E-state index contributed by atoms with van der Waals surface area (Å²) < 4.78 is 0. The molecule has 2 aliphatic carbocycles. The van der Waals surface area contributed by atoms with Gasteiger partial charge in [-0.15, -0.1) is 6.58 Å². The molecule has 0 saturated heterocycles. The predicted octanol–water partition coefficient (Wildman–Crippen LogP) is 6.15. The molecule has 114 valence electrons. The lowest BCUT2D eigenvalue weighted by molar-refractivity contribution is 0.606. The van der Waals surface area contributed by atoms with Crippen LogP contribution in [0.5, 0.6) is 0 Å². The van der Waals surface area contributed by atoms with E-state index in [2.05, 4.69) is 87.2 Å². The highest BCUT2D eigenvalue weighted by molar-refractivity contribution is 5.81. The lowest BCUT2D eigenvalue weighted by Gasteiger charge is -2.31. The summed E-state index contributed by atoms with van der Waals surface area (Å²) >= 11 is 0. The third-order valence-corrected chi connectivity index (χ3v) is 5.49. The summed E-state index contributed by atoms with van der Waals surface area (Å²) in [5, 5.41) is 0. The molecular formula is C23H22. The van der Waals surface area contributed by atoms with Gasteiger partial charge in [0.2, 0.25) is 0 Å². The fourth-order valence-corrected chi connectivity index (χ4v) is 4.18. The highest BCUT2D eigenvalue weighted by Crippen LogP contribution is 2.50. The molecule has 0 radical (unpaired) electrons. The number of benzene rings is 2. The topological polar surface area (TPSA) is 0 Å². The molecule has 4 rings (SSSR count). The van der Waals surface area contributed by atoms with Gasteiger partial charge in [0.05, 0.1) is 0 Å². The van der Waals surface area contributed by atoms with Crippen molar-refractivity contribution >= 4 is 0 Å². The van der Waals surface area contributed by atoms with E-state index in [-0.39, 0.29) is 5.41 Å². The minimum Gasteiger partial charge on any atom is -0.102 e. The smallest absolute Gasteiger partial charge is 0.0282 e. The van der Waals surface area contributed by atoms with Crippen LogP contribution in [0.15, 0.2) is 78.9 Å². The SMILES string of the molecule is C=CC1c2ccccc2-c2cccc(C(C)(C)C3=CC=CC3)c21. The molecule has 0 heterocycles. The molecule has 0 spiro atoms. The minimum atomic E-state index is 0.0398. The van der Waals surface area contributed by atoms with Crippen LogP contribution in [0.3, 0.4) is 0 Å². The molecular weight excluding hydrogens is 276 g/mol. The second kappa shape index (κ2) is 5.09. The lowest BCUT2D eigenvalue weighted by Crippen LogP contribution is -2.22.